The van der Waals surface area contributed by atoms with E-state index in [9.17, 15) is 9.90 Å². The largest absolute Gasteiger partial charge is 0.365 e. The Morgan fingerprint density at radius 3 is 2.41 bits per heavy atom. The molecule has 0 bridgehead atoms. The van der Waals surface area contributed by atoms with Crippen LogP contribution in [0.1, 0.15) is 27.7 Å². The third-order valence-electron chi connectivity index (χ3n) is 3.85. The molecule has 2 saturated heterocycles. The lowest BCUT2D eigenvalue weighted by atomic mass is 9.99. The molecule has 0 aromatic carbocycles. The third-order valence-corrected chi connectivity index (χ3v) is 3.85. The van der Waals surface area contributed by atoms with E-state index in [4.69, 9.17) is 23.7 Å². The molecule has 124 valence electrons. The van der Waals surface area contributed by atoms with Gasteiger partial charge in [-0.25, -0.2) is 0 Å². The molecular formula is C15H22O7. The topological polar surface area (TPSA) is 83.5 Å². The van der Waals surface area contributed by atoms with Gasteiger partial charge >= 0.3 is 0 Å². The zero-order chi connectivity index (χ0) is 16.1. The van der Waals surface area contributed by atoms with Gasteiger partial charge in [-0.05, 0) is 39.8 Å². The lowest BCUT2D eigenvalue weighted by Crippen LogP contribution is -2.50. The highest BCUT2D eigenvalue weighted by Crippen LogP contribution is 2.38. The number of ketones is 1. The smallest absolute Gasteiger partial charge is 0.187 e. The number of hydrogen-bond acceptors (Lipinski definition) is 7. The van der Waals surface area contributed by atoms with Crippen molar-refractivity contribution in [3.05, 3.63) is 12.2 Å². The molecule has 5 atom stereocenters. The Morgan fingerprint density at radius 2 is 1.77 bits per heavy atom. The summed E-state index contributed by atoms with van der Waals surface area (Å²) in [4.78, 5) is 12.1. The molecule has 1 N–H and O–H groups in total. The number of rotatable bonds is 2. The second kappa shape index (κ2) is 5.36. The minimum Gasteiger partial charge on any atom is -0.365 e. The van der Waals surface area contributed by atoms with Gasteiger partial charge in [0.25, 0.3) is 0 Å². The van der Waals surface area contributed by atoms with Crippen LogP contribution in [0.3, 0.4) is 0 Å². The van der Waals surface area contributed by atoms with Crippen LogP contribution < -0.4 is 0 Å². The summed E-state index contributed by atoms with van der Waals surface area (Å²) in [5.74, 6) is -1.84. The molecule has 3 aliphatic heterocycles. The Labute approximate surface area is 129 Å². The van der Waals surface area contributed by atoms with Crippen molar-refractivity contribution < 1.29 is 33.6 Å². The molecule has 0 saturated carbocycles. The summed E-state index contributed by atoms with van der Waals surface area (Å²) in [6.45, 7) is 7.50. The molecule has 3 aliphatic rings. The molecule has 0 unspecified atom stereocenters. The van der Waals surface area contributed by atoms with Crippen LogP contribution in [0, 0.1) is 0 Å². The van der Waals surface area contributed by atoms with Crippen LogP contribution >= 0.6 is 0 Å². The van der Waals surface area contributed by atoms with Crippen molar-refractivity contribution in [2.24, 2.45) is 0 Å². The molecule has 0 aromatic rings. The molecular weight excluding hydrogens is 292 g/mol. The Kier molecular flexibility index (Phi) is 3.91. The second-order valence-corrected chi connectivity index (χ2v) is 6.64. The van der Waals surface area contributed by atoms with Gasteiger partial charge in [-0.15, -0.1) is 0 Å². The van der Waals surface area contributed by atoms with Crippen molar-refractivity contribution in [3.63, 3.8) is 0 Å². The maximum absolute atomic E-state index is 12.1. The van der Waals surface area contributed by atoms with Crippen molar-refractivity contribution in [3.8, 4) is 0 Å². The predicted octanol–water partition coefficient (Wildman–Crippen LogP) is 0.500. The van der Waals surface area contributed by atoms with Gasteiger partial charge in [-0.1, -0.05) is 0 Å². The third kappa shape index (κ3) is 3.10. The molecule has 2 fully saturated rings. The van der Waals surface area contributed by atoms with E-state index in [1.54, 1.807) is 13.8 Å². The van der Waals surface area contributed by atoms with Crippen molar-refractivity contribution >= 4 is 5.78 Å². The van der Waals surface area contributed by atoms with E-state index < -0.39 is 36.2 Å². The standard InChI is InChI=1S/C15H22O7/c1-14(2)18-7-9(20-14)12-13(22-15(3,4)21-12)11-8(16)5-6-10(17)19-11/h5-6,9-13,17H,7H2,1-4H3/t9-,10+,11-,12-,13-/m0/s1. The predicted molar refractivity (Wildman–Crippen MR) is 73.8 cm³/mol. The minimum atomic E-state index is -1.13. The fourth-order valence-corrected chi connectivity index (χ4v) is 2.99. The fourth-order valence-electron chi connectivity index (χ4n) is 2.99. The molecule has 7 heteroatoms. The van der Waals surface area contributed by atoms with Gasteiger partial charge < -0.3 is 28.8 Å². The summed E-state index contributed by atoms with van der Waals surface area (Å²) in [6, 6.07) is 0. The summed E-state index contributed by atoms with van der Waals surface area (Å²) in [6.07, 6.45) is -1.03. The molecule has 22 heavy (non-hydrogen) atoms. The molecule has 3 rings (SSSR count). The van der Waals surface area contributed by atoms with Crippen molar-refractivity contribution in [2.75, 3.05) is 6.61 Å². The van der Waals surface area contributed by atoms with E-state index in [0.29, 0.717) is 6.61 Å². The number of aliphatic hydroxyl groups is 1. The van der Waals surface area contributed by atoms with Crippen LogP contribution in [0.5, 0.6) is 0 Å². The first-order valence-corrected chi connectivity index (χ1v) is 7.40. The first kappa shape index (κ1) is 16.0. The highest BCUT2D eigenvalue weighted by Gasteiger charge is 2.54. The van der Waals surface area contributed by atoms with Crippen LogP contribution in [0.4, 0.5) is 0 Å². The van der Waals surface area contributed by atoms with Gasteiger partial charge in [0.1, 0.15) is 18.3 Å². The number of hydrogen-bond donors (Lipinski definition) is 1. The highest BCUT2D eigenvalue weighted by atomic mass is 16.8. The monoisotopic (exact) mass is 314 g/mol. The first-order valence-electron chi connectivity index (χ1n) is 7.40. The molecule has 0 aliphatic carbocycles. The normalized spacial score (nSPS) is 43.7. The Hall–Kier alpha value is -0.830. The van der Waals surface area contributed by atoms with E-state index in [1.165, 1.54) is 12.2 Å². The summed E-state index contributed by atoms with van der Waals surface area (Å²) in [5.41, 5.74) is 0. The Morgan fingerprint density at radius 1 is 1.09 bits per heavy atom. The first-order chi connectivity index (χ1) is 10.2. The van der Waals surface area contributed by atoms with Crippen LogP contribution in [0.15, 0.2) is 12.2 Å². The summed E-state index contributed by atoms with van der Waals surface area (Å²) < 4.78 is 28.5. The molecule has 0 aromatic heterocycles. The van der Waals surface area contributed by atoms with Gasteiger partial charge in [0.05, 0.1) is 6.61 Å². The lowest BCUT2D eigenvalue weighted by molar-refractivity contribution is -0.185. The number of ether oxygens (including phenoxy) is 5. The zero-order valence-corrected chi connectivity index (χ0v) is 13.1. The average Bonchev–Trinajstić information content (AvgIpc) is 2.92. The van der Waals surface area contributed by atoms with Crippen molar-refractivity contribution in [1.82, 2.24) is 0 Å². The maximum atomic E-state index is 12.1. The Bertz CT molecular complexity index is 484. The van der Waals surface area contributed by atoms with E-state index in [-0.39, 0.29) is 11.9 Å². The number of aliphatic hydroxyl groups excluding tert-OH is 1. The van der Waals surface area contributed by atoms with E-state index in [2.05, 4.69) is 0 Å². The minimum absolute atomic E-state index is 0.264. The molecule has 3 heterocycles. The van der Waals surface area contributed by atoms with Gasteiger partial charge in [0.2, 0.25) is 0 Å². The number of carbonyl (C=O) groups is 1. The maximum Gasteiger partial charge on any atom is 0.187 e. The quantitative estimate of drug-likeness (QED) is 0.794. The molecule has 7 nitrogen and oxygen atoms in total. The van der Waals surface area contributed by atoms with Crippen LogP contribution in [0.25, 0.3) is 0 Å². The van der Waals surface area contributed by atoms with Gasteiger partial charge in [0, 0.05) is 0 Å². The molecule has 0 amide bonds. The van der Waals surface area contributed by atoms with E-state index in [1.807, 2.05) is 13.8 Å². The fraction of sp³-hybridized carbons (Fsp3) is 0.800. The van der Waals surface area contributed by atoms with Crippen LogP contribution in [0.2, 0.25) is 0 Å². The molecule has 0 spiro atoms. The van der Waals surface area contributed by atoms with Crippen LogP contribution in [-0.2, 0) is 28.5 Å². The highest BCUT2D eigenvalue weighted by molar-refractivity contribution is 5.94. The van der Waals surface area contributed by atoms with Gasteiger partial charge in [0.15, 0.2) is 29.8 Å². The van der Waals surface area contributed by atoms with Gasteiger partial charge in [-0.3, -0.25) is 4.79 Å². The SMILES string of the molecule is CC1(C)O[C@@H]([C@@H]2COC(C)(C)O2)[C@H]([C@H]2O[C@@H](O)C=CC2=O)O1. The summed E-state index contributed by atoms with van der Waals surface area (Å²) in [7, 11) is 0. The second-order valence-electron chi connectivity index (χ2n) is 6.64. The van der Waals surface area contributed by atoms with Crippen molar-refractivity contribution in [1.29, 1.82) is 0 Å². The molecule has 0 radical (unpaired) electrons. The zero-order valence-electron chi connectivity index (χ0n) is 13.1. The summed E-state index contributed by atoms with van der Waals surface area (Å²) >= 11 is 0. The van der Waals surface area contributed by atoms with E-state index >= 15 is 0 Å². The van der Waals surface area contributed by atoms with Gasteiger partial charge in [-0.2, -0.15) is 0 Å². The van der Waals surface area contributed by atoms with Crippen molar-refractivity contribution in [2.45, 2.75) is 70.0 Å². The van der Waals surface area contributed by atoms with Crippen LogP contribution in [-0.4, -0.2) is 59.8 Å². The summed E-state index contributed by atoms with van der Waals surface area (Å²) in [5, 5.41) is 9.61. The number of carbonyl (C=O) groups excluding carboxylic acids is 1. The Balaban J connectivity index is 1.81. The average molecular weight is 314 g/mol. The lowest BCUT2D eigenvalue weighted by Gasteiger charge is -2.30. The van der Waals surface area contributed by atoms with E-state index in [0.717, 1.165) is 0 Å².